The van der Waals surface area contributed by atoms with Gasteiger partial charge in [0.15, 0.2) is 0 Å². The Labute approximate surface area is 121 Å². The van der Waals surface area contributed by atoms with Gasteiger partial charge in [-0.2, -0.15) is 0 Å². The first-order chi connectivity index (χ1) is 8.70. The summed E-state index contributed by atoms with van der Waals surface area (Å²) in [5.74, 6) is 0. The molecule has 2 rings (SSSR count). The van der Waals surface area contributed by atoms with Gasteiger partial charge in [0.1, 0.15) is 0 Å². The normalized spacial score (nSPS) is 12.6. The Kier molecular flexibility index (Phi) is 5.01. The maximum Gasteiger partial charge on any atom is 0.0795 e. The van der Waals surface area contributed by atoms with Crippen molar-refractivity contribution in [3.63, 3.8) is 0 Å². The van der Waals surface area contributed by atoms with Gasteiger partial charge in [-0.15, -0.1) is 11.3 Å². The second-order valence-corrected chi connectivity index (χ2v) is 5.53. The first-order valence-corrected chi connectivity index (χ1v) is 7.46. The molecule has 0 aliphatic carbocycles. The Morgan fingerprint density at radius 2 is 2.22 bits per heavy atom. The fraction of sp³-hybridized carbons (Fsp3) is 0.308. The number of hydrogen-bond acceptors (Lipinski definition) is 3. The number of likely N-dealkylation sites (N-methyl/N-ethyl adjacent to an activating group) is 1. The SMILES string of the molecule is CCNC(Cc1cc(Cl)ccc1Cl)c1cscn1. The number of hydrogen-bond donors (Lipinski definition) is 1. The van der Waals surface area contributed by atoms with Crippen LogP contribution in [0.4, 0.5) is 0 Å². The van der Waals surface area contributed by atoms with Gasteiger partial charge in [-0.1, -0.05) is 30.1 Å². The molecule has 0 bridgehead atoms. The Morgan fingerprint density at radius 3 is 2.89 bits per heavy atom. The van der Waals surface area contributed by atoms with Crippen molar-refractivity contribution < 1.29 is 0 Å². The summed E-state index contributed by atoms with van der Waals surface area (Å²) in [7, 11) is 0. The Morgan fingerprint density at radius 1 is 1.39 bits per heavy atom. The van der Waals surface area contributed by atoms with Crippen LogP contribution in [0.25, 0.3) is 0 Å². The first kappa shape index (κ1) is 13.8. The molecule has 1 unspecified atom stereocenters. The van der Waals surface area contributed by atoms with E-state index < -0.39 is 0 Å². The second kappa shape index (κ2) is 6.53. The summed E-state index contributed by atoms with van der Waals surface area (Å²) in [6.07, 6.45) is 0.789. The third-order valence-electron chi connectivity index (χ3n) is 2.69. The van der Waals surface area contributed by atoms with Gasteiger partial charge in [0.25, 0.3) is 0 Å². The van der Waals surface area contributed by atoms with E-state index in [2.05, 4.69) is 22.6 Å². The maximum atomic E-state index is 6.20. The van der Waals surface area contributed by atoms with Crippen molar-refractivity contribution in [2.75, 3.05) is 6.54 Å². The number of halogens is 2. The standard InChI is InChI=1S/C13H14Cl2N2S/c1-2-16-12(13-7-18-8-17-13)6-9-5-10(14)3-4-11(9)15/h3-5,7-8,12,16H,2,6H2,1H3. The Balaban J connectivity index is 2.21. The lowest BCUT2D eigenvalue weighted by atomic mass is 10.0. The molecule has 2 nitrogen and oxygen atoms in total. The molecule has 2 aromatic rings. The molecule has 0 fully saturated rings. The molecular formula is C13H14Cl2N2S. The minimum atomic E-state index is 0.178. The van der Waals surface area contributed by atoms with Crippen molar-refractivity contribution in [3.8, 4) is 0 Å². The van der Waals surface area contributed by atoms with Crippen LogP contribution in [0.2, 0.25) is 10.0 Å². The average molecular weight is 301 g/mol. The van der Waals surface area contributed by atoms with E-state index in [1.807, 2.05) is 17.6 Å². The highest BCUT2D eigenvalue weighted by atomic mass is 35.5. The monoisotopic (exact) mass is 300 g/mol. The Bertz CT molecular complexity index is 500. The van der Waals surface area contributed by atoms with Crippen LogP contribution >= 0.6 is 34.5 Å². The topological polar surface area (TPSA) is 24.9 Å². The molecule has 1 N–H and O–H groups in total. The van der Waals surface area contributed by atoms with Gasteiger partial charge in [0, 0.05) is 15.4 Å². The zero-order chi connectivity index (χ0) is 13.0. The van der Waals surface area contributed by atoms with Gasteiger partial charge in [0.05, 0.1) is 17.2 Å². The van der Waals surface area contributed by atoms with Crippen molar-refractivity contribution in [3.05, 3.63) is 50.4 Å². The minimum absolute atomic E-state index is 0.178. The van der Waals surface area contributed by atoms with Crippen LogP contribution in [0.3, 0.4) is 0 Å². The molecule has 1 atom stereocenters. The van der Waals surface area contributed by atoms with Crippen LogP contribution in [-0.2, 0) is 6.42 Å². The van der Waals surface area contributed by atoms with Crippen LogP contribution in [0, 0.1) is 0 Å². The number of nitrogens with one attached hydrogen (secondary N) is 1. The van der Waals surface area contributed by atoms with Gasteiger partial charge in [-0.05, 0) is 36.7 Å². The van der Waals surface area contributed by atoms with Crippen molar-refractivity contribution in [1.82, 2.24) is 10.3 Å². The summed E-state index contributed by atoms with van der Waals surface area (Å²) >= 11 is 13.8. The zero-order valence-corrected chi connectivity index (χ0v) is 12.3. The molecule has 5 heteroatoms. The van der Waals surface area contributed by atoms with Crippen LogP contribution in [0.15, 0.2) is 29.1 Å². The highest BCUT2D eigenvalue weighted by molar-refractivity contribution is 7.07. The predicted molar refractivity (Wildman–Crippen MR) is 78.7 cm³/mol. The van der Waals surface area contributed by atoms with Gasteiger partial charge in [0.2, 0.25) is 0 Å². The fourth-order valence-electron chi connectivity index (χ4n) is 1.84. The van der Waals surface area contributed by atoms with E-state index in [0.29, 0.717) is 5.02 Å². The van der Waals surface area contributed by atoms with E-state index in [1.54, 1.807) is 17.4 Å². The summed E-state index contributed by atoms with van der Waals surface area (Å²) in [4.78, 5) is 4.36. The average Bonchev–Trinajstić information content (AvgIpc) is 2.87. The summed E-state index contributed by atoms with van der Waals surface area (Å²) < 4.78 is 0. The molecule has 1 aromatic carbocycles. The molecule has 96 valence electrons. The van der Waals surface area contributed by atoms with Gasteiger partial charge in [-0.25, -0.2) is 4.98 Å². The van der Waals surface area contributed by atoms with Crippen LogP contribution in [0.5, 0.6) is 0 Å². The summed E-state index contributed by atoms with van der Waals surface area (Å²) in [6, 6.07) is 5.74. The van der Waals surface area contributed by atoms with Crippen molar-refractivity contribution >= 4 is 34.5 Å². The van der Waals surface area contributed by atoms with Crippen molar-refractivity contribution in [1.29, 1.82) is 0 Å². The minimum Gasteiger partial charge on any atom is -0.309 e. The zero-order valence-electron chi connectivity index (χ0n) is 9.99. The molecule has 18 heavy (non-hydrogen) atoms. The van der Waals surface area contributed by atoms with Gasteiger partial charge >= 0.3 is 0 Å². The molecular weight excluding hydrogens is 287 g/mol. The van der Waals surface area contributed by atoms with E-state index in [9.17, 15) is 0 Å². The lowest BCUT2D eigenvalue weighted by Crippen LogP contribution is -2.23. The molecule has 0 aliphatic heterocycles. The smallest absolute Gasteiger partial charge is 0.0795 e. The number of benzene rings is 1. The molecule has 1 heterocycles. The van der Waals surface area contributed by atoms with Crippen molar-refractivity contribution in [2.24, 2.45) is 0 Å². The van der Waals surface area contributed by atoms with Crippen LogP contribution in [0.1, 0.15) is 24.2 Å². The van der Waals surface area contributed by atoms with E-state index >= 15 is 0 Å². The van der Waals surface area contributed by atoms with E-state index in [-0.39, 0.29) is 6.04 Å². The van der Waals surface area contributed by atoms with Gasteiger partial charge < -0.3 is 5.32 Å². The number of aromatic nitrogens is 1. The molecule has 0 radical (unpaired) electrons. The van der Waals surface area contributed by atoms with E-state index in [0.717, 1.165) is 29.2 Å². The van der Waals surface area contributed by atoms with Crippen LogP contribution < -0.4 is 5.32 Å². The molecule has 1 aromatic heterocycles. The first-order valence-electron chi connectivity index (χ1n) is 5.76. The molecule has 0 saturated carbocycles. The largest absolute Gasteiger partial charge is 0.309 e. The molecule has 0 saturated heterocycles. The highest BCUT2D eigenvalue weighted by Gasteiger charge is 2.15. The lowest BCUT2D eigenvalue weighted by Gasteiger charge is -2.16. The Hall–Kier alpha value is -0.610. The summed E-state index contributed by atoms with van der Waals surface area (Å²) in [5, 5.41) is 6.94. The lowest BCUT2D eigenvalue weighted by molar-refractivity contribution is 0.539. The summed E-state index contributed by atoms with van der Waals surface area (Å²) in [6.45, 7) is 2.97. The fourth-order valence-corrected chi connectivity index (χ4v) is 2.84. The second-order valence-electron chi connectivity index (χ2n) is 3.96. The maximum absolute atomic E-state index is 6.20. The van der Waals surface area contributed by atoms with E-state index in [1.165, 1.54) is 0 Å². The highest BCUT2D eigenvalue weighted by Crippen LogP contribution is 2.26. The molecule has 0 spiro atoms. The number of rotatable bonds is 5. The van der Waals surface area contributed by atoms with E-state index in [4.69, 9.17) is 23.2 Å². The number of thiazole rings is 1. The van der Waals surface area contributed by atoms with Gasteiger partial charge in [-0.3, -0.25) is 0 Å². The third-order valence-corrected chi connectivity index (χ3v) is 3.90. The quantitative estimate of drug-likeness (QED) is 0.888. The predicted octanol–water partition coefficient (Wildman–Crippen LogP) is 4.34. The van der Waals surface area contributed by atoms with Crippen molar-refractivity contribution in [2.45, 2.75) is 19.4 Å². The summed E-state index contributed by atoms with van der Waals surface area (Å²) in [5.41, 5.74) is 3.94. The van der Waals surface area contributed by atoms with Crippen LogP contribution in [-0.4, -0.2) is 11.5 Å². The number of nitrogens with zero attached hydrogens (tertiary/aromatic N) is 1. The molecule has 0 amide bonds. The third kappa shape index (κ3) is 3.45. The molecule has 0 aliphatic rings.